The van der Waals surface area contributed by atoms with Crippen molar-refractivity contribution in [1.82, 2.24) is 0 Å². The van der Waals surface area contributed by atoms with Crippen LogP contribution in [0.3, 0.4) is 0 Å². The van der Waals surface area contributed by atoms with Gasteiger partial charge in [0.15, 0.2) is 0 Å². The molecule has 1 heterocycles. The molecule has 0 atom stereocenters. The van der Waals surface area contributed by atoms with Crippen LogP contribution in [-0.4, -0.2) is 17.2 Å². The van der Waals surface area contributed by atoms with Crippen LogP contribution in [0.5, 0.6) is 0 Å². The number of carbonyl (C=O) groups excluding carboxylic acids is 1. The number of ether oxygens (including phenoxy) is 1. The SMILES string of the molecule is CC(C)(C)OC(=O)N1c2ccc(Cl)cc2C=CC1(C)C. The molecule has 0 N–H and O–H groups in total. The monoisotopic (exact) mass is 293 g/mol. The van der Waals surface area contributed by atoms with Gasteiger partial charge in [-0.15, -0.1) is 0 Å². The highest BCUT2D eigenvalue weighted by molar-refractivity contribution is 6.30. The molecule has 1 amide bonds. The second-order valence-corrected chi connectivity index (χ2v) is 6.94. The van der Waals surface area contributed by atoms with E-state index < -0.39 is 11.1 Å². The number of hydrogen-bond donors (Lipinski definition) is 0. The van der Waals surface area contributed by atoms with Crippen LogP contribution in [0.1, 0.15) is 40.2 Å². The lowest BCUT2D eigenvalue weighted by Crippen LogP contribution is -2.50. The number of nitrogens with zero attached hydrogens (tertiary/aromatic N) is 1. The lowest BCUT2D eigenvalue weighted by atomic mass is 9.94. The van der Waals surface area contributed by atoms with Crippen molar-refractivity contribution in [2.45, 2.75) is 45.8 Å². The van der Waals surface area contributed by atoms with Gasteiger partial charge in [0.1, 0.15) is 5.60 Å². The van der Waals surface area contributed by atoms with Crippen molar-refractivity contribution in [3.63, 3.8) is 0 Å². The highest BCUT2D eigenvalue weighted by Gasteiger charge is 2.36. The van der Waals surface area contributed by atoms with Crippen LogP contribution in [0, 0.1) is 0 Å². The fourth-order valence-corrected chi connectivity index (χ4v) is 2.36. The summed E-state index contributed by atoms with van der Waals surface area (Å²) in [6, 6.07) is 5.49. The van der Waals surface area contributed by atoms with Gasteiger partial charge >= 0.3 is 6.09 Å². The second kappa shape index (κ2) is 4.81. The quantitative estimate of drug-likeness (QED) is 0.682. The standard InChI is InChI=1S/C16H20ClNO2/c1-15(2,3)20-14(19)18-13-7-6-12(17)10-11(13)8-9-16(18,4)5/h6-10H,1-5H3. The van der Waals surface area contributed by atoms with Gasteiger partial charge in [-0.2, -0.15) is 0 Å². The molecule has 0 saturated heterocycles. The maximum Gasteiger partial charge on any atom is 0.415 e. The minimum absolute atomic E-state index is 0.351. The number of amides is 1. The van der Waals surface area contributed by atoms with Crippen molar-refractivity contribution in [3.8, 4) is 0 Å². The molecule has 0 radical (unpaired) electrons. The minimum atomic E-state index is -0.527. The lowest BCUT2D eigenvalue weighted by molar-refractivity contribution is 0.0556. The van der Waals surface area contributed by atoms with Crippen molar-refractivity contribution in [3.05, 3.63) is 34.9 Å². The van der Waals surface area contributed by atoms with E-state index in [0.717, 1.165) is 11.3 Å². The Hall–Kier alpha value is -1.48. The number of hydrogen-bond acceptors (Lipinski definition) is 2. The summed E-state index contributed by atoms with van der Waals surface area (Å²) >= 11 is 6.01. The number of fused-ring (bicyclic) bond motifs is 1. The Balaban J connectivity index is 2.45. The van der Waals surface area contributed by atoms with Crippen molar-refractivity contribution < 1.29 is 9.53 Å². The van der Waals surface area contributed by atoms with Crippen LogP contribution < -0.4 is 4.90 Å². The average Bonchev–Trinajstić information content (AvgIpc) is 2.26. The fraction of sp³-hybridized carbons (Fsp3) is 0.438. The first-order chi connectivity index (χ1) is 9.10. The van der Waals surface area contributed by atoms with Gasteiger partial charge in [0, 0.05) is 5.02 Å². The smallest absolute Gasteiger partial charge is 0.415 e. The molecular formula is C16H20ClNO2. The molecule has 2 rings (SSSR count). The molecule has 0 fully saturated rings. The summed E-state index contributed by atoms with van der Waals surface area (Å²) in [6.45, 7) is 9.54. The van der Waals surface area contributed by atoms with E-state index in [-0.39, 0.29) is 6.09 Å². The van der Waals surface area contributed by atoms with E-state index in [0.29, 0.717) is 5.02 Å². The van der Waals surface area contributed by atoms with Crippen LogP contribution in [-0.2, 0) is 4.74 Å². The van der Waals surface area contributed by atoms with Gasteiger partial charge in [-0.25, -0.2) is 4.79 Å². The Morgan fingerprint density at radius 2 is 1.95 bits per heavy atom. The molecule has 20 heavy (non-hydrogen) atoms. The van der Waals surface area contributed by atoms with E-state index in [1.165, 1.54) is 0 Å². The number of carbonyl (C=O) groups is 1. The van der Waals surface area contributed by atoms with Gasteiger partial charge in [0.25, 0.3) is 0 Å². The molecule has 1 aromatic rings. The molecule has 4 heteroatoms. The highest BCUT2D eigenvalue weighted by Crippen LogP contribution is 2.37. The van der Waals surface area contributed by atoms with Gasteiger partial charge < -0.3 is 4.74 Å². The molecule has 0 spiro atoms. The van der Waals surface area contributed by atoms with Crippen molar-refractivity contribution in [2.75, 3.05) is 4.90 Å². The third kappa shape index (κ3) is 2.98. The topological polar surface area (TPSA) is 29.5 Å². The third-order valence-corrected chi connectivity index (χ3v) is 3.29. The maximum atomic E-state index is 12.5. The molecule has 1 aromatic carbocycles. The summed E-state index contributed by atoms with van der Waals surface area (Å²) in [5.41, 5.74) is 0.767. The summed E-state index contributed by atoms with van der Waals surface area (Å²) < 4.78 is 5.52. The van der Waals surface area contributed by atoms with Crippen molar-refractivity contribution in [2.24, 2.45) is 0 Å². The zero-order chi connectivity index (χ0) is 15.1. The van der Waals surface area contributed by atoms with E-state index in [4.69, 9.17) is 16.3 Å². The Bertz CT molecular complexity index is 570. The molecule has 0 unspecified atom stereocenters. The van der Waals surface area contributed by atoms with Gasteiger partial charge in [-0.1, -0.05) is 23.8 Å². The predicted molar refractivity (Wildman–Crippen MR) is 83.3 cm³/mol. The van der Waals surface area contributed by atoms with Gasteiger partial charge in [0.2, 0.25) is 0 Å². The number of halogens is 1. The first-order valence-electron chi connectivity index (χ1n) is 6.62. The summed E-state index contributed by atoms with van der Waals surface area (Å²) in [4.78, 5) is 14.2. The van der Waals surface area contributed by atoms with E-state index >= 15 is 0 Å². The summed E-state index contributed by atoms with van der Waals surface area (Å²) in [7, 11) is 0. The van der Waals surface area contributed by atoms with Crippen LogP contribution in [0.15, 0.2) is 24.3 Å². The first kappa shape index (κ1) is 14.9. The Kier molecular flexibility index (Phi) is 3.59. The van der Waals surface area contributed by atoms with Gasteiger partial charge in [-0.05, 0) is 58.4 Å². The molecule has 108 valence electrons. The summed E-state index contributed by atoms with van der Waals surface area (Å²) in [5, 5.41) is 0.650. The second-order valence-electron chi connectivity index (χ2n) is 6.51. The van der Waals surface area contributed by atoms with Crippen LogP contribution >= 0.6 is 11.6 Å². The molecule has 3 nitrogen and oxygen atoms in total. The number of benzene rings is 1. The predicted octanol–water partition coefficient (Wildman–Crippen LogP) is 4.89. The van der Waals surface area contributed by atoms with E-state index in [9.17, 15) is 4.79 Å². The van der Waals surface area contributed by atoms with Gasteiger partial charge in [-0.3, -0.25) is 4.90 Å². The largest absolute Gasteiger partial charge is 0.443 e. The zero-order valence-corrected chi connectivity index (χ0v) is 13.3. The minimum Gasteiger partial charge on any atom is -0.443 e. The fourth-order valence-electron chi connectivity index (χ4n) is 2.18. The zero-order valence-electron chi connectivity index (χ0n) is 12.5. The average molecular weight is 294 g/mol. The molecule has 1 aliphatic heterocycles. The molecule has 0 bridgehead atoms. The molecule has 0 aromatic heterocycles. The molecule has 1 aliphatic rings. The lowest BCUT2D eigenvalue weighted by Gasteiger charge is -2.40. The van der Waals surface area contributed by atoms with Crippen molar-refractivity contribution in [1.29, 1.82) is 0 Å². The summed E-state index contributed by atoms with van der Waals surface area (Å²) in [6.07, 6.45) is 3.62. The van der Waals surface area contributed by atoms with Crippen LogP contribution in [0.25, 0.3) is 6.08 Å². The van der Waals surface area contributed by atoms with Crippen molar-refractivity contribution >= 4 is 29.5 Å². The van der Waals surface area contributed by atoms with Gasteiger partial charge in [0.05, 0.1) is 11.2 Å². The van der Waals surface area contributed by atoms with Crippen LogP contribution in [0.4, 0.5) is 10.5 Å². The highest BCUT2D eigenvalue weighted by atomic mass is 35.5. The number of anilines is 1. The van der Waals surface area contributed by atoms with E-state index in [1.54, 1.807) is 11.0 Å². The Morgan fingerprint density at radius 1 is 1.30 bits per heavy atom. The van der Waals surface area contributed by atoms with E-state index in [1.807, 2.05) is 58.9 Å². The Labute approximate surface area is 125 Å². The Morgan fingerprint density at radius 3 is 2.55 bits per heavy atom. The molecule has 0 saturated carbocycles. The third-order valence-electron chi connectivity index (χ3n) is 3.05. The first-order valence-corrected chi connectivity index (χ1v) is 7.00. The van der Waals surface area contributed by atoms with E-state index in [2.05, 4.69) is 0 Å². The molecular weight excluding hydrogens is 274 g/mol. The normalized spacial score (nSPS) is 16.8. The maximum absolute atomic E-state index is 12.5. The summed E-state index contributed by atoms with van der Waals surface area (Å²) in [5.74, 6) is 0. The molecule has 0 aliphatic carbocycles. The number of rotatable bonds is 0. The van der Waals surface area contributed by atoms with Crippen LogP contribution in [0.2, 0.25) is 5.02 Å².